The Morgan fingerprint density at radius 1 is 1.04 bits per heavy atom. The highest BCUT2D eigenvalue weighted by molar-refractivity contribution is 5.82. The lowest BCUT2D eigenvalue weighted by molar-refractivity contribution is -0.157. The number of hydrogen-bond acceptors (Lipinski definition) is 5. The number of hydrogen-bond donors (Lipinski definition) is 0. The molecule has 0 radical (unpaired) electrons. The molecule has 0 spiro atoms. The van der Waals surface area contributed by atoms with Crippen LogP contribution in [0.5, 0.6) is 0 Å². The number of Topliss-reactive ketones (excluding diaryl/α,β-unsaturated/α-hetero) is 1. The normalized spacial score (nSPS) is 41.9. The van der Waals surface area contributed by atoms with Gasteiger partial charge in [0.05, 0.1) is 20.6 Å². The van der Waals surface area contributed by atoms with E-state index in [9.17, 15) is 14.4 Å². The first-order valence-electron chi connectivity index (χ1n) is 9.89. The van der Waals surface area contributed by atoms with Gasteiger partial charge in [0.25, 0.3) is 0 Å². The zero-order chi connectivity index (χ0) is 19.1. The molecule has 3 saturated carbocycles. The van der Waals surface area contributed by atoms with Gasteiger partial charge in [-0.25, -0.2) is 0 Å². The minimum atomic E-state index is -0.281. The van der Waals surface area contributed by atoms with E-state index in [-0.39, 0.29) is 28.7 Å². The Morgan fingerprint density at radius 2 is 1.73 bits per heavy atom. The van der Waals surface area contributed by atoms with Crippen LogP contribution in [-0.4, -0.2) is 31.9 Å². The summed E-state index contributed by atoms with van der Waals surface area (Å²) in [7, 11) is 2.84. The maximum atomic E-state index is 12.2. The Labute approximate surface area is 156 Å². The molecule has 0 N–H and O–H groups in total. The molecule has 0 aromatic rings. The van der Waals surface area contributed by atoms with Gasteiger partial charge in [0.15, 0.2) is 0 Å². The smallest absolute Gasteiger partial charge is 0.306 e. The molecule has 0 aromatic carbocycles. The topological polar surface area (TPSA) is 69.7 Å². The summed E-state index contributed by atoms with van der Waals surface area (Å²) < 4.78 is 9.91. The van der Waals surface area contributed by atoms with Gasteiger partial charge >= 0.3 is 11.9 Å². The molecule has 0 amide bonds. The van der Waals surface area contributed by atoms with Crippen LogP contribution in [0.3, 0.4) is 0 Å². The third-order valence-corrected chi connectivity index (χ3v) is 8.03. The maximum absolute atomic E-state index is 12.2. The molecule has 26 heavy (non-hydrogen) atoms. The minimum absolute atomic E-state index is 0.122. The highest BCUT2D eigenvalue weighted by atomic mass is 16.5. The largest absolute Gasteiger partial charge is 0.469 e. The molecule has 3 rings (SSSR count). The predicted molar refractivity (Wildman–Crippen MR) is 96.1 cm³/mol. The van der Waals surface area contributed by atoms with Crippen molar-refractivity contribution in [1.29, 1.82) is 0 Å². The van der Waals surface area contributed by atoms with Gasteiger partial charge in [0.2, 0.25) is 0 Å². The number of ketones is 1. The Kier molecular flexibility index (Phi) is 5.19. The van der Waals surface area contributed by atoms with Gasteiger partial charge in [0, 0.05) is 19.3 Å². The second-order valence-electron chi connectivity index (χ2n) is 9.30. The van der Waals surface area contributed by atoms with Gasteiger partial charge < -0.3 is 9.47 Å². The summed E-state index contributed by atoms with van der Waals surface area (Å²) in [5, 5.41) is 0. The zero-order valence-corrected chi connectivity index (χ0v) is 16.5. The third-order valence-electron chi connectivity index (χ3n) is 8.03. The van der Waals surface area contributed by atoms with Crippen molar-refractivity contribution in [3.05, 3.63) is 0 Å². The van der Waals surface area contributed by atoms with Crippen molar-refractivity contribution >= 4 is 17.7 Å². The molecule has 6 atom stereocenters. The molecule has 0 heterocycles. The molecule has 5 heteroatoms. The Hall–Kier alpha value is -1.39. The number of carbonyl (C=O) groups excluding carboxylic acids is 3. The van der Waals surface area contributed by atoms with E-state index < -0.39 is 0 Å². The van der Waals surface area contributed by atoms with Crippen molar-refractivity contribution in [2.24, 2.45) is 34.5 Å². The first-order valence-corrected chi connectivity index (χ1v) is 9.89. The van der Waals surface area contributed by atoms with E-state index in [4.69, 9.17) is 9.47 Å². The van der Waals surface area contributed by atoms with Crippen LogP contribution >= 0.6 is 0 Å². The molecule has 3 fully saturated rings. The summed E-state index contributed by atoms with van der Waals surface area (Å²) in [4.78, 5) is 36.4. The first-order chi connectivity index (χ1) is 12.2. The van der Waals surface area contributed by atoms with Crippen LogP contribution in [0, 0.1) is 34.5 Å². The monoisotopic (exact) mass is 364 g/mol. The number of fused-ring (bicyclic) bond motifs is 3. The second kappa shape index (κ2) is 6.97. The van der Waals surface area contributed by atoms with Crippen LogP contribution in [0.2, 0.25) is 0 Å². The maximum Gasteiger partial charge on any atom is 0.306 e. The van der Waals surface area contributed by atoms with Crippen LogP contribution in [0.4, 0.5) is 0 Å². The fourth-order valence-corrected chi connectivity index (χ4v) is 6.59. The molecule has 146 valence electrons. The lowest BCUT2D eigenvalue weighted by Gasteiger charge is -2.57. The summed E-state index contributed by atoms with van der Waals surface area (Å²) in [5.41, 5.74) is -0.156. The number of carbonyl (C=O) groups is 3. The van der Waals surface area contributed by atoms with E-state index in [1.54, 1.807) is 0 Å². The summed E-state index contributed by atoms with van der Waals surface area (Å²) in [6, 6.07) is 0. The second-order valence-corrected chi connectivity index (χ2v) is 9.30. The predicted octanol–water partition coefficient (Wildman–Crippen LogP) is 3.54. The SMILES string of the molecule is COC(=O)CC1CC[C@H]2[C@@H]3CC(=O)C[C@@]3(C)CC[C@@H]2[C@@]1(C)CC(=O)OC. The quantitative estimate of drug-likeness (QED) is 0.714. The van der Waals surface area contributed by atoms with Crippen molar-refractivity contribution in [3.8, 4) is 0 Å². The molecule has 0 aromatic heterocycles. The minimum Gasteiger partial charge on any atom is -0.469 e. The van der Waals surface area contributed by atoms with Crippen LogP contribution in [-0.2, 0) is 23.9 Å². The summed E-state index contributed by atoms with van der Waals surface area (Å²) in [6.45, 7) is 4.44. The van der Waals surface area contributed by atoms with Crippen molar-refractivity contribution in [1.82, 2.24) is 0 Å². The van der Waals surface area contributed by atoms with Crippen LogP contribution in [0.1, 0.15) is 65.2 Å². The van der Waals surface area contributed by atoms with Gasteiger partial charge in [-0.3, -0.25) is 14.4 Å². The van der Waals surface area contributed by atoms with Gasteiger partial charge in [-0.2, -0.15) is 0 Å². The van der Waals surface area contributed by atoms with Gasteiger partial charge in [-0.05, 0) is 60.2 Å². The average Bonchev–Trinajstić information content (AvgIpc) is 2.91. The van der Waals surface area contributed by atoms with Gasteiger partial charge in [0.1, 0.15) is 5.78 Å². The van der Waals surface area contributed by atoms with Crippen molar-refractivity contribution in [3.63, 3.8) is 0 Å². The van der Waals surface area contributed by atoms with Gasteiger partial charge in [-0.1, -0.05) is 13.8 Å². The van der Waals surface area contributed by atoms with Crippen LogP contribution in [0.15, 0.2) is 0 Å². The van der Waals surface area contributed by atoms with E-state index >= 15 is 0 Å². The molecular formula is C21H32O5. The Morgan fingerprint density at radius 3 is 2.38 bits per heavy atom. The summed E-state index contributed by atoms with van der Waals surface area (Å²) in [6.07, 6.45) is 6.09. The molecule has 0 aliphatic heterocycles. The van der Waals surface area contributed by atoms with E-state index in [1.807, 2.05) is 0 Å². The van der Waals surface area contributed by atoms with E-state index in [0.717, 1.165) is 25.7 Å². The molecule has 5 nitrogen and oxygen atoms in total. The van der Waals surface area contributed by atoms with E-state index in [0.29, 0.717) is 49.2 Å². The van der Waals surface area contributed by atoms with Crippen molar-refractivity contribution in [2.45, 2.75) is 65.2 Å². The molecular weight excluding hydrogens is 332 g/mol. The highest BCUT2D eigenvalue weighted by Crippen LogP contribution is 2.64. The Balaban J connectivity index is 1.90. The summed E-state index contributed by atoms with van der Waals surface area (Å²) >= 11 is 0. The lowest BCUT2D eigenvalue weighted by atomic mass is 9.47. The number of methoxy groups -OCH3 is 2. The zero-order valence-electron chi connectivity index (χ0n) is 16.5. The van der Waals surface area contributed by atoms with Crippen molar-refractivity contribution in [2.75, 3.05) is 14.2 Å². The first kappa shape index (κ1) is 19.4. The molecule has 3 aliphatic carbocycles. The molecule has 0 saturated heterocycles. The van der Waals surface area contributed by atoms with Crippen LogP contribution < -0.4 is 0 Å². The number of ether oxygens (including phenoxy) is 2. The highest BCUT2D eigenvalue weighted by Gasteiger charge is 2.59. The van der Waals surface area contributed by atoms with E-state index in [2.05, 4.69) is 13.8 Å². The lowest BCUT2D eigenvalue weighted by Crippen LogP contribution is -2.52. The molecule has 3 aliphatic rings. The standard InChI is InChI=1S/C21H32O5/c1-20-8-7-16-15(17(20)10-14(22)11-20)6-5-13(9-18(23)25-3)21(16,2)12-19(24)26-4/h13,15-17H,5-12H2,1-4H3/t13?,15-,16+,17+,20-,21+/m1/s1. The number of rotatable bonds is 4. The number of esters is 2. The van der Waals surface area contributed by atoms with Crippen LogP contribution in [0.25, 0.3) is 0 Å². The van der Waals surface area contributed by atoms with E-state index in [1.165, 1.54) is 14.2 Å². The molecule has 1 unspecified atom stereocenters. The fourth-order valence-electron chi connectivity index (χ4n) is 6.59. The fraction of sp³-hybridized carbons (Fsp3) is 0.857. The summed E-state index contributed by atoms with van der Waals surface area (Å²) in [5.74, 6) is 1.34. The third kappa shape index (κ3) is 3.18. The average molecular weight is 364 g/mol. The molecule has 0 bridgehead atoms. The van der Waals surface area contributed by atoms with Gasteiger partial charge in [-0.15, -0.1) is 0 Å². The Bertz CT molecular complexity index is 599. The van der Waals surface area contributed by atoms with Crippen molar-refractivity contribution < 1.29 is 23.9 Å².